The van der Waals surface area contributed by atoms with Crippen LogP contribution in [0.25, 0.3) is 72.3 Å². The van der Waals surface area contributed by atoms with Gasteiger partial charge in [-0.15, -0.1) is 0 Å². The molecule has 0 amide bonds. The number of hydrogen-bond acceptors (Lipinski definition) is 1. The fourth-order valence-corrected chi connectivity index (χ4v) is 8.53. The summed E-state index contributed by atoms with van der Waals surface area (Å²) in [5.41, 5.74) is 18.2. The summed E-state index contributed by atoms with van der Waals surface area (Å²) in [4.78, 5) is 0. The standard InChI is InChI=1S/C53H57N2O/c1-32(2)43-29-38(36-20-25-40(26-21-36)53(9,10)11)30-44(33(3)4)49(43)55-46-16-14-13-15-45(46)54(12)51(55)48-34(5)17-27-42-41-28-22-37(31-47(41)56-50(42)48)35-18-23-39(24-19-35)52(6,7)8/h13-33H,1-12H3/q+1. The quantitative estimate of drug-likeness (QED) is 0.156. The van der Waals surface area contributed by atoms with E-state index in [0.717, 1.165) is 38.9 Å². The summed E-state index contributed by atoms with van der Waals surface area (Å²) in [6, 6.07) is 43.1. The number of hydrogen-bond donors (Lipinski definition) is 0. The first-order valence-electron chi connectivity index (χ1n) is 20.4. The Morgan fingerprint density at radius 2 is 1.09 bits per heavy atom. The molecule has 2 aromatic heterocycles. The first-order valence-corrected chi connectivity index (χ1v) is 20.4. The molecule has 0 atom stereocenters. The van der Waals surface area contributed by atoms with Gasteiger partial charge in [0.15, 0.2) is 16.6 Å². The molecule has 3 nitrogen and oxygen atoms in total. The number of aryl methyl sites for hydroxylation is 2. The van der Waals surface area contributed by atoms with Crippen molar-refractivity contribution in [2.24, 2.45) is 7.05 Å². The molecule has 0 saturated heterocycles. The van der Waals surface area contributed by atoms with E-state index in [1.54, 1.807) is 0 Å². The third-order valence-electron chi connectivity index (χ3n) is 11.9. The summed E-state index contributed by atoms with van der Waals surface area (Å²) in [6.07, 6.45) is 0. The second-order valence-corrected chi connectivity index (χ2v) is 18.6. The van der Waals surface area contributed by atoms with Crippen LogP contribution in [0.4, 0.5) is 0 Å². The van der Waals surface area contributed by atoms with Crippen molar-refractivity contribution in [2.75, 3.05) is 0 Å². The number of aromatic nitrogens is 2. The number of nitrogens with zero attached hydrogens (tertiary/aromatic N) is 2. The van der Waals surface area contributed by atoms with E-state index < -0.39 is 0 Å². The molecule has 0 saturated carbocycles. The minimum Gasteiger partial charge on any atom is -0.455 e. The van der Waals surface area contributed by atoms with Gasteiger partial charge in [0, 0.05) is 21.9 Å². The zero-order valence-electron chi connectivity index (χ0n) is 35.4. The van der Waals surface area contributed by atoms with Crippen LogP contribution in [0.5, 0.6) is 0 Å². The molecule has 0 radical (unpaired) electrons. The molecule has 6 aromatic carbocycles. The number of fused-ring (bicyclic) bond motifs is 4. The van der Waals surface area contributed by atoms with E-state index in [2.05, 4.69) is 208 Å². The van der Waals surface area contributed by atoms with Crippen molar-refractivity contribution in [1.29, 1.82) is 0 Å². The van der Waals surface area contributed by atoms with E-state index in [1.807, 2.05) is 0 Å². The normalized spacial score (nSPS) is 12.6. The topological polar surface area (TPSA) is 21.9 Å². The smallest absolute Gasteiger partial charge is 0.299 e. The summed E-state index contributed by atoms with van der Waals surface area (Å²) < 4.78 is 12.0. The lowest BCUT2D eigenvalue weighted by atomic mass is 9.85. The Hall–Kier alpha value is -5.41. The fraction of sp³-hybridized carbons (Fsp3) is 0.302. The van der Waals surface area contributed by atoms with Crippen molar-refractivity contribution in [3.63, 3.8) is 0 Å². The second-order valence-electron chi connectivity index (χ2n) is 18.6. The molecule has 0 unspecified atom stereocenters. The van der Waals surface area contributed by atoms with Crippen molar-refractivity contribution in [3.8, 4) is 39.3 Å². The third-order valence-corrected chi connectivity index (χ3v) is 11.9. The van der Waals surface area contributed by atoms with Crippen LogP contribution in [0.2, 0.25) is 0 Å². The average Bonchev–Trinajstić information content (AvgIpc) is 3.67. The van der Waals surface area contributed by atoms with Gasteiger partial charge in [-0.2, -0.15) is 4.57 Å². The zero-order chi connectivity index (χ0) is 39.8. The monoisotopic (exact) mass is 737 g/mol. The molecule has 0 spiro atoms. The van der Waals surface area contributed by atoms with E-state index in [-0.39, 0.29) is 22.7 Å². The largest absolute Gasteiger partial charge is 0.455 e. The van der Waals surface area contributed by atoms with E-state index in [9.17, 15) is 0 Å². The Bertz CT molecular complexity index is 2730. The number of para-hydroxylation sites is 2. The zero-order valence-corrected chi connectivity index (χ0v) is 35.4. The van der Waals surface area contributed by atoms with Crippen molar-refractivity contribution < 1.29 is 8.98 Å². The summed E-state index contributed by atoms with van der Waals surface area (Å²) in [7, 11) is 2.21. The van der Waals surface area contributed by atoms with Gasteiger partial charge < -0.3 is 4.42 Å². The molecule has 0 aliphatic rings. The maximum absolute atomic E-state index is 7.04. The molecule has 2 heterocycles. The molecule has 0 N–H and O–H groups in total. The minimum atomic E-state index is 0.109. The molecule has 8 aromatic rings. The van der Waals surface area contributed by atoms with Crippen LogP contribution in [0.15, 0.2) is 120 Å². The molecule has 0 aliphatic heterocycles. The molecule has 0 bridgehead atoms. The van der Waals surface area contributed by atoms with Crippen LogP contribution in [0.3, 0.4) is 0 Å². The predicted octanol–water partition coefficient (Wildman–Crippen LogP) is 14.5. The van der Waals surface area contributed by atoms with Crippen LogP contribution < -0.4 is 4.57 Å². The van der Waals surface area contributed by atoms with Crippen molar-refractivity contribution in [2.45, 2.75) is 98.8 Å². The molecular formula is C53H57N2O+. The molecule has 8 rings (SSSR count). The van der Waals surface area contributed by atoms with Crippen molar-refractivity contribution >= 4 is 33.0 Å². The van der Waals surface area contributed by atoms with Crippen LogP contribution in [0, 0.1) is 6.92 Å². The van der Waals surface area contributed by atoms with Crippen LogP contribution in [0.1, 0.15) is 109 Å². The Balaban J connectivity index is 1.38. The molecular weight excluding hydrogens is 681 g/mol. The lowest BCUT2D eigenvalue weighted by Crippen LogP contribution is -2.30. The molecule has 3 heteroatoms. The van der Waals surface area contributed by atoms with Gasteiger partial charge >= 0.3 is 0 Å². The molecule has 0 aliphatic carbocycles. The van der Waals surface area contributed by atoms with E-state index in [0.29, 0.717) is 0 Å². The Morgan fingerprint density at radius 1 is 0.571 bits per heavy atom. The predicted molar refractivity (Wildman–Crippen MR) is 238 cm³/mol. The lowest BCUT2D eigenvalue weighted by Gasteiger charge is -2.22. The number of benzene rings is 6. The summed E-state index contributed by atoms with van der Waals surface area (Å²) in [6.45, 7) is 25.2. The first kappa shape index (κ1) is 37.5. The van der Waals surface area contributed by atoms with Crippen molar-refractivity contribution in [3.05, 3.63) is 143 Å². The van der Waals surface area contributed by atoms with E-state index >= 15 is 0 Å². The highest BCUT2D eigenvalue weighted by Crippen LogP contribution is 2.44. The first-order chi connectivity index (χ1) is 26.5. The highest BCUT2D eigenvalue weighted by Gasteiger charge is 2.34. The Kier molecular flexibility index (Phi) is 9.15. The van der Waals surface area contributed by atoms with Gasteiger partial charge in [-0.1, -0.05) is 148 Å². The van der Waals surface area contributed by atoms with E-state index in [4.69, 9.17) is 4.42 Å². The van der Waals surface area contributed by atoms with Crippen LogP contribution >= 0.6 is 0 Å². The molecule has 284 valence electrons. The minimum absolute atomic E-state index is 0.109. The van der Waals surface area contributed by atoms with Gasteiger partial charge in [0.2, 0.25) is 0 Å². The highest BCUT2D eigenvalue weighted by molar-refractivity contribution is 6.10. The van der Waals surface area contributed by atoms with Crippen LogP contribution in [-0.2, 0) is 17.9 Å². The lowest BCUT2D eigenvalue weighted by molar-refractivity contribution is -0.633. The Labute approximate surface area is 333 Å². The van der Waals surface area contributed by atoms with Crippen LogP contribution in [-0.4, -0.2) is 4.57 Å². The summed E-state index contributed by atoms with van der Waals surface area (Å²) in [5.74, 6) is 1.70. The van der Waals surface area contributed by atoms with Gasteiger partial charge in [0.1, 0.15) is 16.8 Å². The SMILES string of the molecule is Cc1ccc2c(oc3cc(-c4ccc(C(C)(C)C)cc4)ccc32)c1-c1n(-c2c(C(C)C)cc(-c3ccc(C(C)(C)C)cc3)cc2C(C)C)c2ccccc2[n+]1C. The number of rotatable bonds is 6. The maximum atomic E-state index is 7.04. The molecule has 56 heavy (non-hydrogen) atoms. The second kappa shape index (κ2) is 13.7. The van der Waals surface area contributed by atoms with Gasteiger partial charge in [0.05, 0.1) is 7.05 Å². The molecule has 0 fully saturated rings. The number of furan rings is 1. The summed E-state index contributed by atoms with van der Waals surface area (Å²) >= 11 is 0. The van der Waals surface area contributed by atoms with E-state index in [1.165, 1.54) is 61.2 Å². The van der Waals surface area contributed by atoms with Gasteiger partial charge in [-0.3, -0.25) is 0 Å². The third kappa shape index (κ3) is 6.36. The van der Waals surface area contributed by atoms with Gasteiger partial charge in [0.25, 0.3) is 5.82 Å². The van der Waals surface area contributed by atoms with Gasteiger partial charge in [-0.05, 0) is 105 Å². The maximum Gasteiger partial charge on any atom is 0.299 e. The Morgan fingerprint density at radius 3 is 1.64 bits per heavy atom. The average molecular weight is 738 g/mol. The van der Waals surface area contributed by atoms with Crippen molar-refractivity contribution in [1.82, 2.24) is 4.57 Å². The fourth-order valence-electron chi connectivity index (χ4n) is 8.53. The number of imidazole rings is 1. The highest BCUT2D eigenvalue weighted by atomic mass is 16.3. The van der Waals surface area contributed by atoms with Gasteiger partial charge in [-0.25, -0.2) is 4.57 Å². The summed E-state index contributed by atoms with van der Waals surface area (Å²) in [5, 5.41) is 2.27.